The van der Waals surface area contributed by atoms with Crippen molar-refractivity contribution in [1.82, 2.24) is 4.72 Å². The lowest BCUT2D eigenvalue weighted by atomic mass is 9.97. The summed E-state index contributed by atoms with van der Waals surface area (Å²) in [6.45, 7) is 1.31. The van der Waals surface area contributed by atoms with Crippen molar-refractivity contribution in [1.29, 1.82) is 0 Å². The number of halogens is 2. The Balaban J connectivity index is 2.05. The van der Waals surface area contributed by atoms with Crippen molar-refractivity contribution in [3.63, 3.8) is 0 Å². The van der Waals surface area contributed by atoms with E-state index in [1.165, 1.54) is 6.92 Å². The van der Waals surface area contributed by atoms with Gasteiger partial charge >= 0.3 is 0 Å². The number of benzene rings is 2. The van der Waals surface area contributed by atoms with Crippen molar-refractivity contribution in [2.75, 3.05) is 13.7 Å². The second kappa shape index (κ2) is 7.70. The van der Waals surface area contributed by atoms with Gasteiger partial charge in [-0.2, -0.15) is 0 Å². The summed E-state index contributed by atoms with van der Waals surface area (Å²) in [6.07, 6.45) is 0.240. The molecule has 25 heavy (non-hydrogen) atoms. The molecule has 0 bridgehead atoms. The first-order valence-electron chi connectivity index (χ1n) is 7.43. The van der Waals surface area contributed by atoms with Gasteiger partial charge in [0.25, 0.3) is 0 Å². The van der Waals surface area contributed by atoms with Crippen molar-refractivity contribution in [2.24, 2.45) is 0 Å². The fourth-order valence-corrected chi connectivity index (χ4v) is 3.66. The number of nitrogens with one attached hydrogen (secondary N) is 1. The van der Waals surface area contributed by atoms with E-state index in [4.69, 9.17) is 16.3 Å². The molecule has 2 aromatic carbocycles. The lowest BCUT2D eigenvalue weighted by Gasteiger charge is -2.24. The van der Waals surface area contributed by atoms with Crippen LogP contribution in [0.15, 0.2) is 47.4 Å². The van der Waals surface area contributed by atoms with Gasteiger partial charge in [-0.25, -0.2) is 17.5 Å². The molecule has 0 radical (unpaired) electrons. The summed E-state index contributed by atoms with van der Waals surface area (Å²) in [5, 5.41) is 10.2. The van der Waals surface area contributed by atoms with Crippen LogP contribution < -0.4 is 9.46 Å². The minimum absolute atomic E-state index is 0.167. The molecule has 1 atom stereocenters. The van der Waals surface area contributed by atoms with Gasteiger partial charge in [0.2, 0.25) is 10.0 Å². The average Bonchev–Trinajstić information content (AvgIpc) is 2.56. The predicted molar refractivity (Wildman–Crippen MR) is 93.9 cm³/mol. The van der Waals surface area contributed by atoms with Crippen molar-refractivity contribution in [3.05, 3.63) is 58.9 Å². The maximum Gasteiger partial charge on any atom is 0.240 e. The Hall–Kier alpha value is -1.67. The van der Waals surface area contributed by atoms with Crippen LogP contribution in [0.4, 0.5) is 4.39 Å². The molecule has 0 unspecified atom stereocenters. The minimum Gasteiger partial charge on any atom is -0.497 e. The summed E-state index contributed by atoms with van der Waals surface area (Å²) >= 11 is 5.62. The average molecular weight is 388 g/mol. The van der Waals surface area contributed by atoms with Gasteiger partial charge in [0.15, 0.2) is 0 Å². The highest BCUT2D eigenvalue weighted by molar-refractivity contribution is 7.89. The molecule has 0 aromatic heterocycles. The van der Waals surface area contributed by atoms with E-state index in [-0.39, 0.29) is 22.9 Å². The van der Waals surface area contributed by atoms with Gasteiger partial charge in [-0.05, 0) is 42.8 Å². The highest BCUT2D eigenvalue weighted by Gasteiger charge is 2.25. The SMILES string of the molecule is COc1ccc(C[C@@](C)(O)CNS(=O)(=O)c2ccc(F)c(Cl)c2)cc1. The Morgan fingerprint density at radius 2 is 1.88 bits per heavy atom. The third-order valence-electron chi connectivity index (χ3n) is 3.59. The molecular formula is C17H19ClFNO4S. The van der Waals surface area contributed by atoms with Gasteiger partial charge in [-0.1, -0.05) is 23.7 Å². The smallest absolute Gasteiger partial charge is 0.240 e. The Morgan fingerprint density at radius 3 is 2.44 bits per heavy atom. The lowest BCUT2D eigenvalue weighted by molar-refractivity contribution is 0.0657. The fourth-order valence-electron chi connectivity index (χ4n) is 2.22. The van der Waals surface area contributed by atoms with Gasteiger partial charge in [-0.3, -0.25) is 0 Å². The largest absolute Gasteiger partial charge is 0.497 e. The molecule has 0 spiro atoms. The summed E-state index contributed by atoms with van der Waals surface area (Å²) in [5.41, 5.74) is -0.485. The van der Waals surface area contributed by atoms with E-state index < -0.39 is 21.4 Å². The molecule has 136 valence electrons. The van der Waals surface area contributed by atoms with Crippen LogP contribution in [0.2, 0.25) is 5.02 Å². The topological polar surface area (TPSA) is 75.6 Å². The predicted octanol–water partition coefficient (Wildman–Crippen LogP) is 2.76. The third kappa shape index (κ3) is 5.40. The van der Waals surface area contributed by atoms with Gasteiger partial charge in [0.1, 0.15) is 11.6 Å². The lowest BCUT2D eigenvalue weighted by Crippen LogP contribution is -2.42. The summed E-state index contributed by atoms with van der Waals surface area (Å²) in [5.74, 6) is -0.00981. The van der Waals surface area contributed by atoms with Crippen molar-refractivity contribution >= 4 is 21.6 Å². The molecule has 0 fully saturated rings. The van der Waals surface area contributed by atoms with Gasteiger partial charge in [0.05, 0.1) is 22.6 Å². The standard InChI is InChI=1S/C17H19ClFNO4S/c1-17(21,10-12-3-5-13(24-2)6-4-12)11-20-25(22,23)14-7-8-16(19)15(18)9-14/h3-9,20-21H,10-11H2,1-2H3/t17-/m1/s1. The molecule has 0 aliphatic rings. The van der Waals surface area contributed by atoms with Crippen molar-refractivity contribution in [3.8, 4) is 5.75 Å². The molecule has 8 heteroatoms. The van der Waals surface area contributed by atoms with Crippen molar-refractivity contribution < 1.29 is 22.7 Å². The van der Waals surface area contributed by atoms with E-state index in [2.05, 4.69) is 4.72 Å². The molecule has 0 saturated heterocycles. The molecule has 0 aliphatic carbocycles. The van der Waals surface area contributed by atoms with Crippen LogP contribution in [0.3, 0.4) is 0 Å². The number of rotatable bonds is 7. The van der Waals surface area contributed by atoms with Gasteiger partial charge < -0.3 is 9.84 Å². The summed E-state index contributed by atoms with van der Waals surface area (Å²) < 4.78 is 45.1. The number of hydrogen-bond acceptors (Lipinski definition) is 4. The van der Waals surface area contributed by atoms with Crippen molar-refractivity contribution in [2.45, 2.75) is 23.8 Å². The number of ether oxygens (including phenoxy) is 1. The Kier molecular flexibility index (Phi) is 6.05. The fraction of sp³-hybridized carbons (Fsp3) is 0.294. The van der Waals surface area contributed by atoms with E-state index in [1.807, 2.05) is 0 Å². The molecule has 5 nitrogen and oxygen atoms in total. The second-order valence-corrected chi connectivity index (χ2v) is 8.10. The van der Waals surface area contributed by atoms with Crippen LogP contribution in [-0.4, -0.2) is 32.8 Å². The van der Waals surface area contributed by atoms with E-state index >= 15 is 0 Å². The van der Waals surface area contributed by atoms with Crippen LogP contribution in [-0.2, 0) is 16.4 Å². The number of sulfonamides is 1. The molecular weight excluding hydrogens is 369 g/mol. The maximum atomic E-state index is 13.2. The first kappa shape index (κ1) is 19.7. The Labute approximate surface area is 151 Å². The van der Waals surface area contributed by atoms with Crippen LogP contribution in [0, 0.1) is 5.82 Å². The monoisotopic (exact) mass is 387 g/mol. The normalized spacial score (nSPS) is 14.1. The summed E-state index contributed by atoms with van der Waals surface area (Å²) in [4.78, 5) is -0.167. The van der Waals surface area contributed by atoms with E-state index in [1.54, 1.807) is 31.4 Å². The third-order valence-corrected chi connectivity index (χ3v) is 5.28. The molecule has 0 aliphatic heterocycles. The van der Waals surface area contributed by atoms with Gasteiger partial charge in [-0.15, -0.1) is 0 Å². The molecule has 0 amide bonds. The minimum atomic E-state index is -3.92. The summed E-state index contributed by atoms with van der Waals surface area (Å²) in [6, 6.07) is 10.2. The van der Waals surface area contributed by atoms with E-state index in [9.17, 15) is 17.9 Å². The van der Waals surface area contributed by atoms with E-state index in [0.29, 0.717) is 5.75 Å². The summed E-state index contributed by atoms with van der Waals surface area (Å²) in [7, 11) is -2.36. The first-order chi connectivity index (χ1) is 11.6. The highest BCUT2D eigenvalue weighted by atomic mass is 35.5. The molecule has 2 rings (SSSR count). The first-order valence-corrected chi connectivity index (χ1v) is 9.29. The van der Waals surface area contributed by atoms with Gasteiger partial charge in [0, 0.05) is 13.0 Å². The maximum absolute atomic E-state index is 13.2. The second-order valence-electron chi connectivity index (χ2n) is 5.92. The van der Waals surface area contributed by atoms with Crippen LogP contribution in [0.1, 0.15) is 12.5 Å². The van der Waals surface area contributed by atoms with Crippen LogP contribution >= 0.6 is 11.6 Å². The zero-order valence-electron chi connectivity index (χ0n) is 13.8. The van der Waals surface area contributed by atoms with Crippen LogP contribution in [0.5, 0.6) is 5.75 Å². The molecule has 0 heterocycles. The number of methoxy groups -OCH3 is 1. The molecule has 2 aromatic rings. The zero-order chi connectivity index (χ0) is 18.7. The van der Waals surface area contributed by atoms with E-state index in [0.717, 1.165) is 23.8 Å². The number of aliphatic hydroxyl groups is 1. The Morgan fingerprint density at radius 1 is 1.24 bits per heavy atom. The molecule has 0 saturated carbocycles. The number of hydrogen-bond donors (Lipinski definition) is 2. The molecule has 2 N–H and O–H groups in total. The quantitative estimate of drug-likeness (QED) is 0.766. The zero-order valence-corrected chi connectivity index (χ0v) is 15.4. The van der Waals surface area contributed by atoms with Crippen LogP contribution in [0.25, 0.3) is 0 Å². The Bertz CT molecular complexity index is 838. The highest BCUT2D eigenvalue weighted by Crippen LogP contribution is 2.20.